The van der Waals surface area contributed by atoms with Crippen molar-refractivity contribution in [2.45, 2.75) is 192 Å². The van der Waals surface area contributed by atoms with Gasteiger partial charge in [0.05, 0.1) is 6.04 Å². The lowest BCUT2D eigenvalue weighted by Gasteiger charge is -2.28. The van der Waals surface area contributed by atoms with Gasteiger partial charge in [-0.3, -0.25) is 58.1 Å². The van der Waals surface area contributed by atoms with Crippen molar-refractivity contribution in [2.75, 3.05) is 26.7 Å². The van der Waals surface area contributed by atoms with E-state index in [2.05, 4.69) is 67.8 Å². The summed E-state index contributed by atoms with van der Waals surface area (Å²) in [5.74, 6) is -9.32. The summed E-state index contributed by atoms with van der Waals surface area (Å²) in [6, 6.07) is -4.04. The summed E-state index contributed by atoms with van der Waals surface area (Å²) in [6.07, 6.45) is 4.48. The lowest BCUT2D eigenvalue weighted by Crippen LogP contribution is -2.60. The average Bonchev–Trinajstić information content (AvgIpc) is 3.93. The number of aromatic amines is 1. The number of fused-ring (bicyclic) bond motifs is 1. The van der Waals surface area contributed by atoms with E-state index in [1.54, 1.807) is 27.1 Å². The molecule has 31 heteroatoms. The SMILES string of the molecule is CCCCC(NC(=O)C(CCCC)NC(=O)C(CCC(N)=O)NC(=O)C(Cc1c[nH]c2ccccc12)NC(=O)C(CCCN=C(N)N)NC)C(=O)NC(CCCN=C(N)N)C(=O)NC(C)C(=O)NC(CCCN=C(N)N)C(=O)NC(C(=O)O)C(C)CC. The average molecular weight is 1230 g/mol. The number of guanidine groups is 3. The Morgan fingerprint density at radius 3 is 1.30 bits per heavy atom. The van der Waals surface area contributed by atoms with Crippen molar-refractivity contribution < 1.29 is 53.1 Å². The molecule has 10 unspecified atom stereocenters. The Hall–Kier alpha value is -8.77. The number of carboxylic acid groups (broad SMARTS) is 1. The van der Waals surface area contributed by atoms with Crippen LogP contribution in [0.3, 0.4) is 0 Å². The number of para-hydroxylation sites is 1. The molecule has 0 aliphatic heterocycles. The molecule has 25 N–H and O–H groups in total. The number of nitrogens with one attached hydrogen (secondary N) is 10. The number of hydrogen-bond acceptors (Lipinski definition) is 14. The van der Waals surface area contributed by atoms with Gasteiger partial charge in [0.15, 0.2) is 17.9 Å². The van der Waals surface area contributed by atoms with Crippen LogP contribution in [-0.2, 0) is 54.4 Å². The van der Waals surface area contributed by atoms with Crippen LogP contribution in [0.2, 0.25) is 0 Å². The minimum Gasteiger partial charge on any atom is -0.480 e. The first-order valence-corrected chi connectivity index (χ1v) is 29.6. The van der Waals surface area contributed by atoms with Gasteiger partial charge in [-0.15, -0.1) is 0 Å². The summed E-state index contributed by atoms with van der Waals surface area (Å²) in [6.45, 7) is 8.82. The van der Waals surface area contributed by atoms with Crippen LogP contribution in [0.5, 0.6) is 0 Å². The summed E-state index contributed by atoms with van der Waals surface area (Å²) in [5.41, 5.74) is 39.9. The van der Waals surface area contributed by atoms with E-state index in [0.29, 0.717) is 44.1 Å². The quantitative estimate of drug-likeness (QED) is 0.0180. The van der Waals surface area contributed by atoms with Crippen molar-refractivity contribution >= 4 is 87.9 Å². The third-order valence-corrected chi connectivity index (χ3v) is 14.3. The fraction of sp³-hybridized carbons (Fsp3) is 0.625. The Morgan fingerprint density at radius 2 is 0.874 bits per heavy atom. The minimum absolute atomic E-state index is 0.0243. The highest BCUT2D eigenvalue weighted by Crippen LogP contribution is 2.20. The molecule has 0 radical (unpaired) electrons. The summed E-state index contributed by atoms with van der Waals surface area (Å²) in [7, 11) is 1.58. The molecular formula is C56H96N20O11. The van der Waals surface area contributed by atoms with Crippen molar-refractivity contribution in [3.05, 3.63) is 36.0 Å². The molecule has 2 aromatic rings. The number of unbranched alkanes of at least 4 members (excludes halogenated alkanes) is 2. The molecule has 1 aromatic carbocycles. The zero-order valence-corrected chi connectivity index (χ0v) is 51.0. The highest BCUT2D eigenvalue weighted by molar-refractivity contribution is 5.98. The first-order valence-electron chi connectivity index (χ1n) is 29.6. The van der Waals surface area contributed by atoms with Gasteiger partial charge < -0.3 is 98.1 Å². The highest BCUT2D eigenvalue weighted by Gasteiger charge is 2.35. The highest BCUT2D eigenvalue weighted by atomic mass is 16.4. The molecule has 0 saturated carbocycles. The fourth-order valence-electron chi connectivity index (χ4n) is 9.07. The van der Waals surface area contributed by atoms with E-state index in [0.717, 1.165) is 10.9 Å². The number of carboxylic acids is 1. The molecule has 0 saturated heterocycles. The van der Waals surface area contributed by atoms with Gasteiger partial charge in [0.2, 0.25) is 53.2 Å². The lowest BCUT2D eigenvalue weighted by molar-refractivity contribution is -0.144. The van der Waals surface area contributed by atoms with E-state index in [9.17, 15) is 53.1 Å². The number of primary amides is 1. The van der Waals surface area contributed by atoms with Crippen LogP contribution in [0.25, 0.3) is 10.9 Å². The molecule has 0 bridgehead atoms. The van der Waals surface area contributed by atoms with Crippen LogP contribution in [0.15, 0.2) is 45.4 Å². The molecular weight excluding hydrogens is 1130 g/mol. The number of benzene rings is 1. The van der Waals surface area contributed by atoms with Gasteiger partial charge in [-0.25, -0.2) is 4.79 Å². The number of hydrogen-bond donors (Lipinski definition) is 18. The number of likely N-dealkylation sites (N-methyl/N-ethyl adjacent to an activating group) is 1. The van der Waals surface area contributed by atoms with Crippen LogP contribution in [-0.4, -0.2) is 168 Å². The van der Waals surface area contributed by atoms with Crippen molar-refractivity contribution in [3.8, 4) is 0 Å². The largest absolute Gasteiger partial charge is 0.480 e. The predicted molar refractivity (Wildman–Crippen MR) is 330 cm³/mol. The number of H-pyrrole nitrogens is 1. The smallest absolute Gasteiger partial charge is 0.326 e. The number of aliphatic imine (C=N–C) groups is 3. The van der Waals surface area contributed by atoms with Crippen molar-refractivity contribution in [1.29, 1.82) is 0 Å². The maximum absolute atomic E-state index is 14.5. The normalized spacial score (nSPS) is 14.5. The number of amides is 9. The first kappa shape index (κ1) is 74.3. The van der Waals surface area contributed by atoms with Crippen molar-refractivity contribution in [1.82, 2.24) is 52.8 Å². The van der Waals surface area contributed by atoms with Gasteiger partial charge in [0.1, 0.15) is 48.3 Å². The van der Waals surface area contributed by atoms with E-state index in [4.69, 9.17) is 40.1 Å². The number of aromatic nitrogens is 1. The van der Waals surface area contributed by atoms with Crippen molar-refractivity contribution in [2.24, 2.45) is 61.0 Å². The van der Waals surface area contributed by atoms with Crippen LogP contribution in [0, 0.1) is 5.92 Å². The fourth-order valence-corrected chi connectivity index (χ4v) is 9.07. The molecule has 0 fully saturated rings. The van der Waals surface area contributed by atoms with Crippen LogP contribution < -0.4 is 88.0 Å². The molecule has 31 nitrogen and oxygen atoms in total. The van der Waals surface area contributed by atoms with E-state index in [-0.39, 0.29) is 102 Å². The van der Waals surface area contributed by atoms with Crippen LogP contribution in [0.4, 0.5) is 0 Å². The molecule has 87 heavy (non-hydrogen) atoms. The third-order valence-electron chi connectivity index (χ3n) is 14.3. The number of rotatable bonds is 43. The molecule has 486 valence electrons. The maximum Gasteiger partial charge on any atom is 0.326 e. The number of nitrogens with two attached hydrogens (primary N) is 7. The third kappa shape index (κ3) is 27.9. The van der Waals surface area contributed by atoms with Crippen LogP contribution >= 0.6 is 0 Å². The van der Waals surface area contributed by atoms with Crippen molar-refractivity contribution in [3.63, 3.8) is 0 Å². The van der Waals surface area contributed by atoms with Gasteiger partial charge in [-0.1, -0.05) is 78.0 Å². The van der Waals surface area contributed by atoms with Gasteiger partial charge in [-0.2, -0.15) is 0 Å². The second-order valence-electron chi connectivity index (χ2n) is 21.3. The number of carbonyl (C=O) groups is 10. The van der Waals surface area contributed by atoms with Gasteiger partial charge in [0, 0.05) is 49.6 Å². The Labute approximate surface area is 507 Å². The molecule has 0 aliphatic rings. The predicted octanol–water partition coefficient (Wildman–Crippen LogP) is -2.87. The number of aliphatic carboxylic acids is 1. The molecule has 0 spiro atoms. The maximum atomic E-state index is 14.5. The number of nitrogens with zero attached hydrogens (tertiary/aromatic N) is 3. The standard InChI is InChI=1S/C56H96N20O11/c1-7-10-18-37(49(82)73-39(22-15-27-66-55(60)61)47(80)69-32(5)45(78)70-40(23-16-28-67-56(62)63)51(84)76-44(53(86)87)31(4)9-3)71-48(81)38(19-11-8-2)72-50(83)41(24-25-43(57)77)74-52(85)42(29-33-30-68-35-20-13-12-17-34(33)35)75-46(79)36(64-6)21-14-26-65-54(58)59/h12-13,17,20,30-32,36-42,44,64,68H,7-11,14-16,18-19,21-29H2,1-6H3,(H2,57,77)(H,69,80)(H,70,78)(H,71,81)(H,72,83)(H,73,82)(H,74,85)(H,75,79)(H,76,84)(H,86,87)(H4,58,59,65)(H4,60,61,66)(H4,62,63,67). The summed E-state index contributed by atoms with van der Waals surface area (Å²) in [5, 5.41) is 34.9. The van der Waals surface area contributed by atoms with Crippen LogP contribution in [0.1, 0.15) is 136 Å². The molecule has 10 atom stereocenters. The molecule has 9 amide bonds. The second-order valence-corrected chi connectivity index (χ2v) is 21.3. The Balaban J connectivity index is 2.47. The van der Waals surface area contributed by atoms with Gasteiger partial charge >= 0.3 is 5.97 Å². The molecule has 1 heterocycles. The summed E-state index contributed by atoms with van der Waals surface area (Å²) in [4.78, 5) is 152. The summed E-state index contributed by atoms with van der Waals surface area (Å²) >= 11 is 0. The zero-order valence-electron chi connectivity index (χ0n) is 51.0. The Kier molecular flexibility index (Phi) is 34.0. The number of carbonyl (C=O) groups excluding carboxylic acids is 9. The lowest BCUT2D eigenvalue weighted by atomic mass is 9.98. The van der Waals surface area contributed by atoms with E-state index in [1.807, 2.05) is 38.1 Å². The Bertz CT molecular complexity index is 2670. The molecule has 0 aliphatic carbocycles. The van der Waals surface area contributed by atoms with Gasteiger partial charge in [0.25, 0.3) is 0 Å². The molecule has 1 aromatic heterocycles. The first-order chi connectivity index (χ1) is 41.3. The van der Waals surface area contributed by atoms with E-state index in [1.165, 1.54) is 6.92 Å². The molecule has 2 rings (SSSR count). The van der Waals surface area contributed by atoms with E-state index >= 15 is 0 Å². The minimum atomic E-state index is -1.47. The monoisotopic (exact) mass is 1220 g/mol. The Morgan fingerprint density at radius 1 is 0.494 bits per heavy atom. The van der Waals surface area contributed by atoms with Gasteiger partial charge in [-0.05, 0) is 89.3 Å². The zero-order chi connectivity index (χ0) is 65.2. The topological polar surface area (TPSA) is 534 Å². The summed E-state index contributed by atoms with van der Waals surface area (Å²) < 4.78 is 0. The van der Waals surface area contributed by atoms with E-state index < -0.39 is 119 Å². The second kappa shape index (κ2) is 39.8.